The number of amides is 1. The number of benzene rings is 1. The Morgan fingerprint density at radius 1 is 1.22 bits per heavy atom. The third-order valence-corrected chi connectivity index (χ3v) is 5.74. The number of pyridine rings is 1. The Morgan fingerprint density at radius 3 is 2.69 bits per heavy atom. The van der Waals surface area contributed by atoms with Crippen molar-refractivity contribution in [2.24, 2.45) is 0 Å². The van der Waals surface area contributed by atoms with E-state index in [4.69, 9.17) is 4.52 Å². The predicted molar refractivity (Wildman–Crippen MR) is 122 cm³/mol. The van der Waals surface area contributed by atoms with Crippen molar-refractivity contribution in [1.29, 1.82) is 0 Å². The minimum absolute atomic E-state index is 0.0116. The van der Waals surface area contributed by atoms with E-state index in [1.807, 2.05) is 0 Å². The van der Waals surface area contributed by atoms with Gasteiger partial charge in [0.05, 0.1) is 23.9 Å². The zero-order valence-electron chi connectivity index (χ0n) is 18.7. The van der Waals surface area contributed by atoms with Crippen molar-refractivity contribution in [2.75, 3.05) is 4.90 Å². The minimum Gasteiger partial charge on any atom is -0.478 e. The summed E-state index contributed by atoms with van der Waals surface area (Å²) in [5.74, 6) is -4.20. The van der Waals surface area contributed by atoms with E-state index < -0.39 is 35.6 Å². The number of carbonyl (C=O) groups is 3. The van der Waals surface area contributed by atoms with Crippen molar-refractivity contribution < 1.29 is 33.5 Å². The van der Waals surface area contributed by atoms with Crippen molar-refractivity contribution in [3.05, 3.63) is 77.7 Å². The van der Waals surface area contributed by atoms with Crippen molar-refractivity contribution in [3.8, 4) is 11.4 Å². The van der Waals surface area contributed by atoms with E-state index in [0.29, 0.717) is 29.3 Å². The van der Waals surface area contributed by atoms with Gasteiger partial charge in [-0.2, -0.15) is 4.98 Å². The number of hydrogen-bond acceptors (Lipinski definition) is 7. The highest BCUT2D eigenvalue weighted by Crippen LogP contribution is 2.43. The van der Waals surface area contributed by atoms with Gasteiger partial charge in [-0.25, -0.2) is 19.0 Å². The molecular formula is C24H18FN5O6. The third kappa shape index (κ3) is 4.08. The van der Waals surface area contributed by atoms with Crippen LogP contribution < -0.4 is 4.90 Å². The highest BCUT2D eigenvalue weighted by atomic mass is 19.1. The van der Waals surface area contributed by atoms with Crippen molar-refractivity contribution >= 4 is 29.2 Å². The molecule has 5 rings (SSSR count). The lowest BCUT2D eigenvalue weighted by molar-refractivity contribution is -0.135. The number of carboxylic acid groups (broad SMARTS) is 2. The second-order valence-electron chi connectivity index (χ2n) is 8.20. The molecule has 0 unspecified atom stereocenters. The van der Waals surface area contributed by atoms with E-state index in [0.717, 1.165) is 4.90 Å². The predicted octanol–water partition coefficient (Wildman–Crippen LogP) is 3.22. The number of hydrogen-bond donors (Lipinski definition) is 2. The molecule has 3 heterocycles. The van der Waals surface area contributed by atoms with Gasteiger partial charge in [0.1, 0.15) is 23.2 Å². The van der Waals surface area contributed by atoms with Gasteiger partial charge in [-0.1, -0.05) is 23.4 Å². The number of alkyl halides is 1. The maximum absolute atomic E-state index is 13.8. The van der Waals surface area contributed by atoms with Crippen LogP contribution in [0.4, 0.5) is 10.1 Å². The SMILES string of the molecule is Cc1ccc(-c2noc([C@H]3C[C@@H]3F)n2)cc1N(C(=O)c1cnc2ccccn12)/C(=C\C(=O)O)C(=O)O. The summed E-state index contributed by atoms with van der Waals surface area (Å²) in [6, 6.07) is 9.73. The van der Waals surface area contributed by atoms with Gasteiger partial charge in [0.2, 0.25) is 11.7 Å². The monoisotopic (exact) mass is 491 g/mol. The summed E-state index contributed by atoms with van der Waals surface area (Å²) < 4.78 is 20.0. The summed E-state index contributed by atoms with van der Waals surface area (Å²) in [5, 5.41) is 23.1. The smallest absolute Gasteiger partial charge is 0.353 e. The molecule has 2 N–H and O–H groups in total. The van der Waals surface area contributed by atoms with E-state index >= 15 is 0 Å². The molecule has 4 aromatic rings. The molecule has 0 bridgehead atoms. The van der Waals surface area contributed by atoms with E-state index in [1.165, 1.54) is 16.7 Å². The van der Waals surface area contributed by atoms with Gasteiger partial charge in [-0.15, -0.1) is 0 Å². The fourth-order valence-electron chi connectivity index (χ4n) is 3.80. The molecule has 0 aliphatic heterocycles. The number of aromatic nitrogens is 4. The van der Waals surface area contributed by atoms with Crippen molar-refractivity contribution in [1.82, 2.24) is 19.5 Å². The van der Waals surface area contributed by atoms with Gasteiger partial charge in [0, 0.05) is 11.8 Å². The maximum atomic E-state index is 13.8. The van der Waals surface area contributed by atoms with Crippen molar-refractivity contribution in [3.63, 3.8) is 0 Å². The molecule has 11 nitrogen and oxygen atoms in total. The molecule has 1 fully saturated rings. The average Bonchev–Trinajstić information content (AvgIpc) is 3.23. The van der Waals surface area contributed by atoms with Crippen LogP contribution in [0.15, 0.2) is 65.1 Å². The Hall–Kier alpha value is -4.87. The number of halogens is 1. The van der Waals surface area contributed by atoms with Crippen LogP contribution in [-0.2, 0) is 9.59 Å². The van der Waals surface area contributed by atoms with Gasteiger partial charge in [0.15, 0.2) is 0 Å². The van der Waals surface area contributed by atoms with Crippen LogP contribution in [0.3, 0.4) is 0 Å². The molecule has 1 aliphatic carbocycles. The summed E-state index contributed by atoms with van der Waals surface area (Å²) in [5.41, 5.74) is 0.574. The molecule has 3 aromatic heterocycles. The van der Waals surface area contributed by atoms with E-state index in [1.54, 1.807) is 43.5 Å². The molecule has 182 valence electrons. The van der Waals surface area contributed by atoms with Crippen LogP contribution in [0.5, 0.6) is 0 Å². The fraction of sp³-hybridized carbons (Fsp3) is 0.167. The molecule has 2 atom stereocenters. The molecule has 1 amide bonds. The molecule has 1 aliphatic rings. The van der Waals surface area contributed by atoms with Gasteiger partial charge in [0.25, 0.3) is 5.91 Å². The van der Waals surface area contributed by atoms with Crippen molar-refractivity contribution in [2.45, 2.75) is 25.4 Å². The number of rotatable bonds is 7. The molecule has 0 saturated heterocycles. The summed E-state index contributed by atoms with van der Waals surface area (Å²) in [6.45, 7) is 1.63. The molecular weight excluding hydrogens is 473 g/mol. The topological polar surface area (TPSA) is 151 Å². The Balaban J connectivity index is 1.65. The lowest BCUT2D eigenvalue weighted by atomic mass is 10.1. The molecule has 12 heteroatoms. The molecule has 0 radical (unpaired) electrons. The van der Waals surface area contributed by atoms with Crippen LogP contribution in [0.1, 0.15) is 34.3 Å². The standard InChI is InChI=1S/C24H18FN5O6/c1-12-5-6-13(21-27-22(36-28-21)14-9-15(14)25)8-16(12)30(17(24(34)35)10-20(31)32)23(33)18-11-26-19-4-2-3-7-29(18)19/h2-8,10-11,14-15H,9H2,1H3,(H,31,32)(H,34,35)/b17-10-/t14-,15-/m0/s1. The Kier molecular flexibility index (Phi) is 5.55. The number of carbonyl (C=O) groups excluding carboxylic acids is 1. The Bertz CT molecular complexity index is 1560. The second-order valence-corrected chi connectivity index (χ2v) is 8.20. The number of fused-ring (bicyclic) bond motifs is 1. The van der Waals surface area contributed by atoms with E-state index in [2.05, 4.69) is 15.1 Å². The lowest BCUT2D eigenvalue weighted by Crippen LogP contribution is -2.35. The quantitative estimate of drug-likeness (QED) is 0.371. The highest BCUT2D eigenvalue weighted by molar-refractivity contribution is 6.15. The minimum atomic E-state index is -1.63. The Morgan fingerprint density at radius 2 is 2.00 bits per heavy atom. The zero-order valence-corrected chi connectivity index (χ0v) is 18.7. The van der Waals surface area contributed by atoms with Gasteiger partial charge in [-0.3, -0.25) is 14.1 Å². The number of nitrogens with zero attached hydrogens (tertiary/aromatic N) is 5. The average molecular weight is 491 g/mol. The number of carboxylic acids is 2. The third-order valence-electron chi connectivity index (χ3n) is 5.74. The van der Waals surface area contributed by atoms with Crippen LogP contribution in [-0.4, -0.2) is 53.8 Å². The first-order valence-corrected chi connectivity index (χ1v) is 10.8. The largest absolute Gasteiger partial charge is 0.478 e. The maximum Gasteiger partial charge on any atom is 0.353 e. The molecule has 36 heavy (non-hydrogen) atoms. The fourth-order valence-corrected chi connectivity index (χ4v) is 3.80. The Labute approximate surface area is 202 Å². The molecule has 1 aromatic carbocycles. The first-order chi connectivity index (χ1) is 17.2. The summed E-state index contributed by atoms with van der Waals surface area (Å²) in [7, 11) is 0. The normalized spacial score (nSPS) is 17.2. The highest BCUT2D eigenvalue weighted by Gasteiger charge is 2.43. The second kappa shape index (κ2) is 8.73. The molecule has 0 spiro atoms. The van der Waals surface area contributed by atoms with Gasteiger partial charge < -0.3 is 14.7 Å². The van der Waals surface area contributed by atoms with E-state index in [-0.39, 0.29) is 23.1 Å². The van der Waals surface area contributed by atoms with E-state index in [9.17, 15) is 29.0 Å². The van der Waals surface area contributed by atoms with Crippen LogP contribution >= 0.6 is 0 Å². The molecule has 1 saturated carbocycles. The van der Waals surface area contributed by atoms with Gasteiger partial charge in [-0.05, 0) is 37.1 Å². The number of aliphatic carboxylic acids is 2. The number of imidazole rings is 1. The summed E-state index contributed by atoms with van der Waals surface area (Å²) in [4.78, 5) is 46.6. The number of aryl methyl sites for hydroxylation is 1. The first kappa shape index (κ1) is 22.9. The number of anilines is 1. The zero-order chi connectivity index (χ0) is 25.6. The van der Waals surface area contributed by atoms with Crippen LogP contribution in [0.25, 0.3) is 17.0 Å². The lowest BCUT2D eigenvalue weighted by Gasteiger charge is -2.25. The first-order valence-electron chi connectivity index (χ1n) is 10.8. The summed E-state index contributed by atoms with van der Waals surface area (Å²) >= 11 is 0. The summed E-state index contributed by atoms with van der Waals surface area (Å²) in [6.07, 6.45) is 2.55. The van der Waals surface area contributed by atoms with Crippen LogP contribution in [0, 0.1) is 6.92 Å². The van der Waals surface area contributed by atoms with Gasteiger partial charge >= 0.3 is 11.9 Å². The van der Waals surface area contributed by atoms with Crippen LogP contribution in [0.2, 0.25) is 0 Å².